The Bertz CT molecular complexity index is 1170. The van der Waals surface area contributed by atoms with Crippen LogP contribution in [0, 0.1) is 6.92 Å². The minimum atomic E-state index is -4.39. The van der Waals surface area contributed by atoms with E-state index in [1.807, 2.05) is 0 Å². The van der Waals surface area contributed by atoms with Gasteiger partial charge in [-0.05, 0) is 51.1 Å². The maximum atomic E-state index is 12.8. The van der Waals surface area contributed by atoms with Crippen molar-refractivity contribution in [3.05, 3.63) is 71.4 Å². The van der Waals surface area contributed by atoms with E-state index in [1.165, 1.54) is 33.1 Å². The Morgan fingerprint density at radius 3 is 2.24 bits per heavy atom. The number of aryl methyl sites for hydroxylation is 1. The lowest BCUT2D eigenvalue weighted by Crippen LogP contribution is -2.37. The van der Waals surface area contributed by atoms with Crippen molar-refractivity contribution in [1.82, 2.24) is 4.98 Å². The van der Waals surface area contributed by atoms with Crippen molar-refractivity contribution in [2.24, 2.45) is 0 Å². The highest BCUT2D eigenvalue weighted by atomic mass is 19.4. The molecule has 0 aliphatic heterocycles. The molecule has 1 heterocycles. The minimum absolute atomic E-state index is 0.191. The molecule has 1 N–H and O–H groups in total. The maximum Gasteiger partial charge on any atom is 0.416 e. The fourth-order valence-corrected chi connectivity index (χ4v) is 3.03. The van der Waals surface area contributed by atoms with Crippen molar-refractivity contribution in [1.29, 1.82) is 0 Å². The van der Waals surface area contributed by atoms with E-state index >= 15 is 0 Å². The first kappa shape index (κ1) is 24.9. The minimum Gasteiger partial charge on any atom is -0.493 e. The average molecular weight is 475 g/mol. The quantitative estimate of drug-likeness (QED) is 0.437. The number of aromatic nitrogens is 1. The Balaban J connectivity index is 1.71. The van der Waals surface area contributed by atoms with Gasteiger partial charge in [-0.2, -0.15) is 13.2 Å². The molecule has 0 amide bonds. The van der Waals surface area contributed by atoms with Gasteiger partial charge >= 0.3 is 12.1 Å². The Morgan fingerprint density at radius 1 is 1.00 bits per heavy atom. The van der Waals surface area contributed by atoms with E-state index in [9.17, 15) is 23.1 Å². The van der Waals surface area contributed by atoms with Crippen LogP contribution in [0.15, 0.2) is 54.6 Å². The zero-order valence-electron chi connectivity index (χ0n) is 19.1. The molecule has 6 nitrogen and oxygen atoms in total. The van der Waals surface area contributed by atoms with E-state index < -0.39 is 23.3 Å². The second-order valence-electron chi connectivity index (χ2n) is 8.04. The number of carboxylic acid groups (broad SMARTS) is 1. The molecule has 0 spiro atoms. The third-order valence-electron chi connectivity index (χ3n) is 5.11. The molecule has 0 radical (unpaired) electrons. The Morgan fingerprint density at radius 2 is 1.68 bits per heavy atom. The molecule has 1 aromatic heterocycles. The standard InChI is InChI=1S/C25H24F3NO5/c1-15-17(7-11-20(29-15)16-5-8-18(9-6-16)25(26,27)28)14-33-19-10-12-21(22(13-19)32-4)34-24(2,3)23(30)31/h5-13H,14H2,1-4H3,(H,30,31). The first-order valence-electron chi connectivity index (χ1n) is 10.3. The van der Waals surface area contributed by atoms with Crippen molar-refractivity contribution in [2.75, 3.05) is 7.11 Å². The molecule has 0 saturated heterocycles. The van der Waals surface area contributed by atoms with Gasteiger partial charge in [-0.25, -0.2) is 4.79 Å². The van der Waals surface area contributed by atoms with Gasteiger partial charge in [-0.15, -0.1) is 0 Å². The molecule has 0 saturated carbocycles. The van der Waals surface area contributed by atoms with Gasteiger partial charge < -0.3 is 19.3 Å². The van der Waals surface area contributed by atoms with Crippen LogP contribution >= 0.6 is 0 Å². The van der Waals surface area contributed by atoms with E-state index in [1.54, 1.807) is 37.3 Å². The van der Waals surface area contributed by atoms with Crippen LogP contribution in [0.4, 0.5) is 13.2 Å². The molecule has 3 aromatic rings. The highest BCUT2D eigenvalue weighted by Gasteiger charge is 2.31. The zero-order valence-corrected chi connectivity index (χ0v) is 19.1. The summed E-state index contributed by atoms with van der Waals surface area (Å²) >= 11 is 0. The van der Waals surface area contributed by atoms with Gasteiger partial charge in [0.2, 0.25) is 0 Å². The molecular formula is C25H24F3NO5. The lowest BCUT2D eigenvalue weighted by atomic mass is 10.1. The number of pyridine rings is 1. The first-order valence-corrected chi connectivity index (χ1v) is 10.3. The summed E-state index contributed by atoms with van der Waals surface area (Å²) in [6.07, 6.45) is -4.39. The van der Waals surface area contributed by atoms with Crippen molar-refractivity contribution in [3.8, 4) is 28.5 Å². The molecule has 9 heteroatoms. The molecule has 34 heavy (non-hydrogen) atoms. The van der Waals surface area contributed by atoms with Gasteiger partial charge in [0.05, 0.1) is 18.4 Å². The number of nitrogens with zero attached hydrogens (tertiary/aromatic N) is 1. The summed E-state index contributed by atoms with van der Waals surface area (Å²) in [7, 11) is 1.44. The summed E-state index contributed by atoms with van der Waals surface area (Å²) in [4.78, 5) is 15.8. The zero-order chi connectivity index (χ0) is 25.1. The van der Waals surface area contributed by atoms with E-state index in [-0.39, 0.29) is 12.4 Å². The summed E-state index contributed by atoms with van der Waals surface area (Å²) in [6, 6.07) is 13.2. The second kappa shape index (κ2) is 9.62. The van der Waals surface area contributed by atoms with E-state index in [0.29, 0.717) is 28.5 Å². The molecule has 0 fully saturated rings. The predicted octanol–water partition coefficient (Wildman–Crippen LogP) is 5.91. The molecule has 0 aliphatic rings. The van der Waals surface area contributed by atoms with Crippen LogP contribution in [0.1, 0.15) is 30.7 Å². The average Bonchev–Trinajstić information content (AvgIpc) is 2.78. The van der Waals surface area contributed by atoms with Crippen LogP contribution in [-0.4, -0.2) is 28.8 Å². The molecule has 3 rings (SSSR count). The molecule has 0 bridgehead atoms. The van der Waals surface area contributed by atoms with Crippen LogP contribution < -0.4 is 14.2 Å². The molecule has 2 aromatic carbocycles. The van der Waals surface area contributed by atoms with Gasteiger partial charge in [0, 0.05) is 22.9 Å². The van der Waals surface area contributed by atoms with Gasteiger partial charge in [-0.3, -0.25) is 4.98 Å². The molecule has 0 atom stereocenters. The third kappa shape index (κ3) is 5.78. The van der Waals surface area contributed by atoms with Crippen molar-refractivity contribution >= 4 is 5.97 Å². The summed E-state index contributed by atoms with van der Waals surface area (Å²) in [5.41, 5.74) is 0.450. The number of ether oxygens (including phenoxy) is 3. The summed E-state index contributed by atoms with van der Waals surface area (Å²) in [6.45, 7) is 4.85. The maximum absolute atomic E-state index is 12.8. The number of carbonyl (C=O) groups is 1. The van der Waals surface area contributed by atoms with E-state index in [0.717, 1.165) is 17.7 Å². The fourth-order valence-electron chi connectivity index (χ4n) is 3.03. The molecular weight excluding hydrogens is 451 g/mol. The van der Waals surface area contributed by atoms with Gasteiger partial charge in [0.15, 0.2) is 17.1 Å². The van der Waals surface area contributed by atoms with Crippen LogP contribution in [0.25, 0.3) is 11.3 Å². The number of alkyl halides is 3. The highest BCUT2D eigenvalue weighted by molar-refractivity contribution is 5.77. The molecule has 0 aliphatic carbocycles. The fraction of sp³-hybridized carbons (Fsp3) is 0.280. The monoisotopic (exact) mass is 475 g/mol. The lowest BCUT2D eigenvalue weighted by Gasteiger charge is -2.23. The highest BCUT2D eigenvalue weighted by Crippen LogP contribution is 2.34. The number of aliphatic carboxylic acids is 1. The van der Waals surface area contributed by atoms with Gasteiger partial charge in [-0.1, -0.05) is 18.2 Å². The number of halogens is 3. The Hall–Kier alpha value is -3.75. The van der Waals surface area contributed by atoms with Gasteiger partial charge in [0.25, 0.3) is 0 Å². The predicted molar refractivity (Wildman–Crippen MR) is 119 cm³/mol. The van der Waals surface area contributed by atoms with E-state index in [2.05, 4.69) is 4.98 Å². The topological polar surface area (TPSA) is 77.9 Å². The Labute approximate surface area is 194 Å². The number of methoxy groups -OCH3 is 1. The van der Waals surface area contributed by atoms with Crippen LogP contribution in [0.5, 0.6) is 17.2 Å². The molecule has 0 unspecified atom stereocenters. The van der Waals surface area contributed by atoms with Crippen LogP contribution in [0.3, 0.4) is 0 Å². The first-order chi connectivity index (χ1) is 15.9. The van der Waals surface area contributed by atoms with Crippen molar-refractivity contribution in [3.63, 3.8) is 0 Å². The van der Waals surface area contributed by atoms with E-state index in [4.69, 9.17) is 14.2 Å². The number of hydrogen-bond donors (Lipinski definition) is 1. The number of carboxylic acids is 1. The van der Waals surface area contributed by atoms with Crippen molar-refractivity contribution < 1.29 is 37.3 Å². The second-order valence-corrected chi connectivity index (χ2v) is 8.04. The SMILES string of the molecule is COc1cc(OCc2ccc(-c3ccc(C(F)(F)F)cc3)nc2C)ccc1OC(C)(C)C(=O)O. The molecule has 180 valence electrons. The van der Waals surface area contributed by atoms with Crippen molar-refractivity contribution in [2.45, 2.75) is 39.2 Å². The number of hydrogen-bond acceptors (Lipinski definition) is 5. The smallest absolute Gasteiger partial charge is 0.416 e. The van der Waals surface area contributed by atoms with Crippen LogP contribution in [0.2, 0.25) is 0 Å². The summed E-state index contributed by atoms with van der Waals surface area (Å²) in [5.74, 6) is -0.0542. The Kier molecular flexibility index (Phi) is 7.04. The number of benzene rings is 2. The third-order valence-corrected chi connectivity index (χ3v) is 5.11. The normalized spacial score (nSPS) is 11.7. The van der Waals surface area contributed by atoms with Crippen LogP contribution in [-0.2, 0) is 17.6 Å². The van der Waals surface area contributed by atoms with Gasteiger partial charge in [0.1, 0.15) is 12.4 Å². The largest absolute Gasteiger partial charge is 0.493 e. The summed E-state index contributed by atoms with van der Waals surface area (Å²) in [5, 5.41) is 9.25. The number of rotatable bonds is 8. The summed E-state index contributed by atoms with van der Waals surface area (Å²) < 4.78 is 55.0. The lowest BCUT2D eigenvalue weighted by molar-refractivity contribution is -0.152.